The molecule has 1 aliphatic carbocycles. The summed E-state index contributed by atoms with van der Waals surface area (Å²) in [5.74, 6) is 0.316. The lowest BCUT2D eigenvalue weighted by atomic mass is 9.87. The molecule has 2 amide bonds. The number of pyridine rings is 1. The summed E-state index contributed by atoms with van der Waals surface area (Å²) in [6.45, 7) is 3.11. The maximum atomic E-state index is 12.1. The van der Waals surface area contributed by atoms with Gasteiger partial charge in [-0.1, -0.05) is 19.3 Å². The van der Waals surface area contributed by atoms with Crippen molar-refractivity contribution in [3.8, 4) is 0 Å². The van der Waals surface area contributed by atoms with Crippen LogP contribution in [0, 0.1) is 5.92 Å². The van der Waals surface area contributed by atoms with Gasteiger partial charge in [0.05, 0.1) is 0 Å². The second-order valence-corrected chi connectivity index (χ2v) is 6.47. The number of rotatable bonds is 6. The topological polar surface area (TPSA) is 88.2 Å². The molecule has 1 saturated carbocycles. The Morgan fingerprint density at radius 1 is 1.21 bits per heavy atom. The van der Waals surface area contributed by atoms with Crippen LogP contribution >= 0.6 is 0 Å². The Labute approximate surface area is 142 Å². The number of ketones is 1. The van der Waals surface area contributed by atoms with Gasteiger partial charge in [0, 0.05) is 18.2 Å². The number of carbonyl (C=O) groups is 3. The van der Waals surface area contributed by atoms with Crippen molar-refractivity contribution in [1.29, 1.82) is 0 Å². The number of carbonyl (C=O) groups excluding carboxylic acids is 3. The summed E-state index contributed by atoms with van der Waals surface area (Å²) in [5.41, 5.74) is 0.488. The third-order valence-electron chi connectivity index (χ3n) is 4.39. The number of nitrogens with zero attached hydrogens (tertiary/aromatic N) is 1. The lowest BCUT2D eigenvalue weighted by Gasteiger charge is -2.22. The summed E-state index contributed by atoms with van der Waals surface area (Å²) in [6, 6.07) is 2.55. The molecule has 24 heavy (non-hydrogen) atoms. The lowest BCUT2D eigenvalue weighted by molar-refractivity contribution is -0.127. The SMILES string of the molecule is CC(=O)c1ccc(NC(=O)[C@@H](C)NC(=O)CC2CCCCC2)nc1. The third kappa shape index (κ3) is 5.44. The highest BCUT2D eigenvalue weighted by molar-refractivity contribution is 5.97. The van der Waals surface area contributed by atoms with Gasteiger partial charge >= 0.3 is 0 Å². The van der Waals surface area contributed by atoms with Crippen LogP contribution in [-0.2, 0) is 9.59 Å². The standard InChI is InChI=1S/C18H25N3O3/c1-12(20-17(23)10-14-6-4-3-5-7-14)18(24)21-16-9-8-15(11-19-16)13(2)22/h8-9,11-12,14H,3-7,10H2,1-2H3,(H,20,23)(H,19,21,24)/t12-/m1/s1. The van der Waals surface area contributed by atoms with E-state index in [1.807, 2.05) is 0 Å². The van der Waals surface area contributed by atoms with E-state index >= 15 is 0 Å². The van der Waals surface area contributed by atoms with E-state index in [4.69, 9.17) is 0 Å². The first kappa shape index (κ1) is 18.1. The molecular weight excluding hydrogens is 306 g/mol. The number of Topliss-reactive ketones (excluding diaryl/α,β-unsaturated/α-hetero) is 1. The molecule has 0 spiro atoms. The van der Waals surface area contributed by atoms with E-state index in [0.717, 1.165) is 12.8 Å². The number of hydrogen-bond donors (Lipinski definition) is 2. The molecule has 2 rings (SSSR count). The largest absolute Gasteiger partial charge is 0.345 e. The van der Waals surface area contributed by atoms with Gasteiger partial charge < -0.3 is 10.6 Å². The quantitative estimate of drug-likeness (QED) is 0.785. The van der Waals surface area contributed by atoms with Crippen LogP contribution in [0.2, 0.25) is 0 Å². The summed E-state index contributed by atoms with van der Waals surface area (Å²) in [6.07, 6.45) is 7.74. The highest BCUT2D eigenvalue weighted by atomic mass is 16.2. The molecule has 1 aliphatic rings. The van der Waals surface area contributed by atoms with Gasteiger partial charge in [0.1, 0.15) is 11.9 Å². The fourth-order valence-electron chi connectivity index (χ4n) is 2.93. The molecule has 0 aromatic carbocycles. The van der Waals surface area contributed by atoms with E-state index in [1.165, 1.54) is 32.4 Å². The predicted molar refractivity (Wildman–Crippen MR) is 91.7 cm³/mol. The Morgan fingerprint density at radius 2 is 1.92 bits per heavy atom. The van der Waals surface area contributed by atoms with E-state index in [9.17, 15) is 14.4 Å². The van der Waals surface area contributed by atoms with E-state index in [0.29, 0.717) is 23.7 Å². The minimum absolute atomic E-state index is 0.0792. The molecule has 1 atom stereocenters. The van der Waals surface area contributed by atoms with E-state index < -0.39 is 6.04 Å². The second kappa shape index (κ2) is 8.57. The molecule has 0 radical (unpaired) electrons. The first-order valence-corrected chi connectivity index (χ1v) is 8.53. The number of anilines is 1. The van der Waals surface area contributed by atoms with Crippen molar-refractivity contribution in [2.24, 2.45) is 5.92 Å². The molecule has 2 N–H and O–H groups in total. The van der Waals surface area contributed by atoms with Gasteiger partial charge in [-0.15, -0.1) is 0 Å². The van der Waals surface area contributed by atoms with Gasteiger partial charge in [-0.3, -0.25) is 14.4 Å². The van der Waals surface area contributed by atoms with E-state index in [-0.39, 0.29) is 17.6 Å². The normalized spacial score (nSPS) is 16.2. The molecule has 0 unspecified atom stereocenters. The number of amides is 2. The van der Waals surface area contributed by atoms with Gasteiger partial charge in [-0.05, 0) is 44.7 Å². The molecule has 1 aromatic rings. The zero-order valence-electron chi connectivity index (χ0n) is 14.3. The average Bonchev–Trinajstić information content (AvgIpc) is 2.56. The fraction of sp³-hybridized carbons (Fsp3) is 0.556. The highest BCUT2D eigenvalue weighted by Gasteiger charge is 2.20. The van der Waals surface area contributed by atoms with Gasteiger partial charge in [0.15, 0.2) is 5.78 Å². The zero-order valence-corrected chi connectivity index (χ0v) is 14.3. The number of aromatic nitrogens is 1. The summed E-state index contributed by atoms with van der Waals surface area (Å²) in [4.78, 5) is 39.4. The zero-order chi connectivity index (χ0) is 17.5. The summed E-state index contributed by atoms with van der Waals surface area (Å²) in [7, 11) is 0. The van der Waals surface area contributed by atoms with E-state index in [1.54, 1.807) is 19.1 Å². The maximum Gasteiger partial charge on any atom is 0.247 e. The molecule has 6 nitrogen and oxygen atoms in total. The minimum Gasteiger partial charge on any atom is -0.345 e. The van der Waals surface area contributed by atoms with Crippen LogP contribution in [-0.4, -0.2) is 28.6 Å². The molecule has 0 bridgehead atoms. The van der Waals surface area contributed by atoms with E-state index in [2.05, 4.69) is 15.6 Å². The van der Waals surface area contributed by atoms with Crippen molar-refractivity contribution in [2.75, 3.05) is 5.32 Å². The average molecular weight is 331 g/mol. The van der Waals surface area contributed by atoms with Crippen LogP contribution in [0.15, 0.2) is 18.3 Å². The van der Waals surface area contributed by atoms with Crippen molar-refractivity contribution in [3.05, 3.63) is 23.9 Å². The Hall–Kier alpha value is -2.24. The minimum atomic E-state index is -0.629. The second-order valence-electron chi connectivity index (χ2n) is 6.47. The Balaban J connectivity index is 1.80. The Morgan fingerprint density at radius 3 is 2.50 bits per heavy atom. The summed E-state index contributed by atoms with van der Waals surface area (Å²) in [5, 5.41) is 5.38. The van der Waals surface area contributed by atoms with Crippen molar-refractivity contribution < 1.29 is 14.4 Å². The monoisotopic (exact) mass is 331 g/mol. The van der Waals surface area contributed by atoms with Crippen LogP contribution < -0.4 is 10.6 Å². The van der Waals surface area contributed by atoms with Crippen LogP contribution in [0.4, 0.5) is 5.82 Å². The van der Waals surface area contributed by atoms with Crippen molar-refractivity contribution in [2.45, 2.75) is 58.4 Å². The molecular formula is C18H25N3O3. The smallest absolute Gasteiger partial charge is 0.247 e. The fourth-order valence-corrected chi connectivity index (χ4v) is 2.93. The highest BCUT2D eigenvalue weighted by Crippen LogP contribution is 2.26. The Bertz CT molecular complexity index is 592. The number of hydrogen-bond acceptors (Lipinski definition) is 4. The molecule has 6 heteroatoms. The van der Waals surface area contributed by atoms with Gasteiger partial charge in [0.25, 0.3) is 0 Å². The van der Waals surface area contributed by atoms with Crippen LogP contribution in [0.1, 0.15) is 62.7 Å². The summed E-state index contributed by atoms with van der Waals surface area (Å²) >= 11 is 0. The van der Waals surface area contributed by atoms with Crippen LogP contribution in [0.25, 0.3) is 0 Å². The number of nitrogens with one attached hydrogen (secondary N) is 2. The van der Waals surface area contributed by atoms with Crippen molar-refractivity contribution in [1.82, 2.24) is 10.3 Å². The predicted octanol–water partition coefficient (Wildman–Crippen LogP) is 2.70. The molecule has 1 heterocycles. The van der Waals surface area contributed by atoms with Crippen molar-refractivity contribution >= 4 is 23.4 Å². The van der Waals surface area contributed by atoms with Crippen molar-refractivity contribution in [3.63, 3.8) is 0 Å². The lowest BCUT2D eigenvalue weighted by Crippen LogP contribution is -2.42. The van der Waals surface area contributed by atoms with Crippen LogP contribution in [0.3, 0.4) is 0 Å². The first-order valence-electron chi connectivity index (χ1n) is 8.53. The molecule has 0 aliphatic heterocycles. The Kier molecular flexibility index (Phi) is 6.46. The molecule has 1 aromatic heterocycles. The maximum absolute atomic E-state index is 12.1. The molecule has 1 fully saturated rings. The van der Waals surface area contributed by atoms with Gasteiger partial charge in [0.2, 0.25) is 11.8 Å². The molecule has 130 valence electrons. The molecule has 0 saturated heterocycles. The van der Waals surface area contributed by atoms with Gasteiger partial charge in [-0.25, -0.2) is 4.98 Å². The van der Waals surface area contributed by atoms with Gasteiger partial charge in [-0.2, -0.15) is 0 Å². The van der Waals surface area contributed by atoms with Crippen LogP contribution in [0.5, 0.6) is 0 Å². The third-order valence-corrected chi connectivity index (χ3v) is 4.39. The summed E-state index contributed by atoms with van der Waals surface area (Å²) < 4.78 is 0. The first-order chi connectivity index (χ1) is 11.5.